The van der Waals surface area contributed by atoms with Gasteiger partial charge >= 0.3 is 0 Å². The lowest BCUT2D eigenvalue weighted by atomic mass is 9.91. The van der Waals surface area contributed by atoms with Gasteiger partial charge in [0, 0.05) is 71.3 Å². The molecule has 5 nitrogen and oxygen atoms in total. The largest absolute Gasteiger partial charge is 0.309 e. The van der Waals surface area contributed by atoms with Crippen LogP contribution in [0.3, 0.4) is 0 Å². The van der Waals surface area contributed by atoms with E-state index in [1.54, 1.807) is 0 Å². The predicted octanol–water partition coefficient (Wildman–Crippen LogP) is 21.4. The SMILES string of the molecule is c1ccc(-c2cc(-c3cc(-c4ccccc4)c(-n4c5cc(-n6c7ccccc7c7ccccc76)c(-c6ccccc6)cc5c5cc(-c6ccccc6)c(-n6c7ccccc7c7ccccc76)cc54)c(-c4ccccc4)c3)nc(-c3ccccc3)n2)cc1. The molecule has 17 aromatic rings. The van der Waals surface area contributed by atoms with Crippen molar-refractivity contribution in [2.75, 3.05) is 0 Å². The minimum absolute atomic E-state index is 0.666. The lowest BCUT2D eigenvalue weighted by Crippen LogP contribution is -2.04. The smallest absolute Gasteiger partial charge is 0.160 e. The van der Waals surface area contributed by atoms with Crippen LogP contribution in [0.1, 0.15) is 0 Å². The third kappa shape index (κ3) is 8.31. The Morgan fingerprint density at radius 3 is 0.862 bits per heavy atom. The molecule has 0 spiro atoms. The first kappa shape index (κ1) is 49.9. The molecule has 4 aromatic heterocycles. The highest BCUT2D eigenvalue weighted by molar-refractivity contribution is 6.17. The van der Waals surface area contributed by atoms with Gasteiger partial charge in [-0.2, -0.15) is 0 Å². The van der Waals surface area contributed by atoms with E-state index >= 15 is 0 Å². The topological polar surface area (TPSA) is 40.6 Å². The van der Waals surface area contributed by atoms with E-state index in [1.165, 1.54) is 21.5 Å². The molecule has 0 amide bonds. The molecular weight excluding hydrogens is 1050 g/mol. The maximum absolute atomic E-state index is 5.49. The summed E-state index contributed by atoms with van der Waals surface area (Å²) in [5, 5.41) is 7.11. The van der Waals surface area contributed by atoms with Crippen LogP contribution in [0, 0.1) is 0 Å². The summed E-state index contributed by atoms with van der Waals surface area (Å²) in [6, 6.07) is 117. The van der Waals surface area contributed by atoms with Crippen molar-refractivity contribution >= 4 is 65.4 Å². The second-order valence-electron chi connectivity index (χ2n) is 22.4. The summed E-state index contributed by atoms with van der Waals surface area (Å²) in [6.45, 7) is 0. The van der Waals surface area contributed by atoms with Crippen molar-refractivity contribution in [3.63, 3.8) is 0 Å². The average molecular weight is 1110 g/mol. The average Bonchev–Trinajstić information content (AvgIpc) is 1.60. The number of para-hydroxylation sites is 4. The number of aromatic nitrogens is 5. The van der Waals surface area contributed by atoms with Gasteiger partial charge in [0.25, 0.3) is 0 Å². The van der Waals surface area contributed by atoms with E-state index in [0.29, 0.717) is 5.82 Å². The molecule has 0 radical (unpaired) electrons. The van der Waals surface area contributed by atoms with Crippen LogP contribution < -0.4 is 0 Å². The fourth-order valence-electron chi connectivity index (χ4n) is 13.5. The first-order chi connectivity index (χ1) is 43.2. The summed E-state index contributed by atoms with van der Waals surface area (Å²) < 4.78 is 7.59. The van der Waals surface area contributed by atoms with Crippen molar-refractivity contribution in [3.8, 4) is 95.5 Å². The Kier molecular flexibility index (Phi) is 11.8. The second-order valence-corrected chi connectivity index (χ2v) is 22.4. The lowest BCUT2D eigenvalue weighted by Gasteiger charge is -2.22. The van der Waals surface area contributed by atoms with Crippen LogP contribution in [0.15, 0.2) is 322 Å². The van der Waals surface area contributed by atoms with E-state index in [2.05, 4.69) is 329 Å². The summed E-state index contributed by atoms with van der Waals surface area (Å²) in [5.41, 5.74) is 23.4. The maximum atomic E-state index is 5.49. The van der Waals surface area contributed by atoms with Gasteiger partial charge in [0.2, 0.25) is 0 Å². The second kappa shape index (κ2) is 20.6. The van der Waals surface area contributed by atoms with Crippen molar-refractivity contribution in [2.24, 2.45) is 0 Å². The van der Waals surface area contributed by atoms with E-state index < -0.39 is 0 Å². The highest BCUT2D eigenvalue weighted by Gasteiger charge is 2.28. The van der Waals surface area contributed by atoms with Crippen LogP contribution in [0.4, 0.5) is 0 Å². The van der Waals surface area contributed by atoms with Gasteiger partial charge in [-0.15, -0.1) is 0 Å². The molecule has 0 bridgehead atoms. The minimum atomic E-state index is 0.666. The van der Waals surface area contributed by atoms with Gasteiger partial charge in [0.15, 0.2) is 5.82 Å². The first-order valence-corrected chi connectivity index (χ1v) is 29.7. The Balaban J connectivity index is 1.07. The zero-order valence-corrected chi connectivity index (χ0v) is 47.3. The molecule has 0 N–H and O–H groups in total. The molecular formula is C82H53N5. The summed E-state index contributed by atoms with van der Waals surface area (Å²) in [6.07, 6.45) is 0. The Bertz CT molecular complexity index is 5030. The van der Waals surface area contributed by atoms with E-state index in [-0.39, 0.29) is 0 Å². The van der Waals surface area contributed by atoms with Crippen LogP contribution >= 0.6 is 0 Å². The van der Waals surface area contributed by atoms with Crippen molar-refractivity contribution < 1.29 is 0 Å². The van der Waals surface area contributed by atoms with Gasteiger partial charge < -0.3 is 13.7 Å². The molecule has 4 heterocycles. The monoisotopic (exact) mass is 1110 g/mol. The molecule has 0 saturated carbocycles. The van der Waals surface area contributed by atoms with Crippen LogP contribution in [0.25, 0.3) is 161 Å². The van der Waals surface area contributed by atoms with Gasteiger partial charge in [-0.25, -0.2) is 9.97 Å². The van der Waals surface area contributed by atoms with E-state index in [0.717, 1.165) is 134 Å². The van der Waals surface area contributed by atoms with Crippen LogP contribution in [-0.2, 0) is 0 Å². The molecule has 406 valence electrons. The molecule has 17 rings (SSSR count). The zero-order valence-electron chi connectivity index (χ0n) is 47.3. The quantitative estimate of drug-likeness (QED) is 0.137. The normalized spacial score (nSPS) is 11.7. The van der Waals surface area contributed by atoms with Crippen molar-refractivity contribution in [1.82, 2.24) is 23.7 Å². The summed E-state index contributed by atoms with van der Waals surface area (Å²) in [5.74, 6) is 0.666. The number of benzene rings is 13. The van der Waals surface area contributed by atoms with Gasteiger partial charge in [-0.05, 0) is 89.0 Å². The minimum Gasteiger partial charge on any atom is -0.309 e. The zero-order chi connectivity index (χ0) is 57.4. The Morgan fingerprint density at radius 1 is 0.195 bits per heavy atom. The third-order valence-corrected chi connectivity index (χ3v) is 17.4. The third-order valence-electron chi connectivity index (χ3n) is 17.4. The van der Waals surface area contributed by atoms with Crippen LogP contribution in [-0.4, -0.2) is 23.7 Å². The molecule has 0 unspecified atom stereocenters. The standard InChI is InChI=1S/C82H53N5/c1-7-27-54(28-8-1)65-49-69-70-50-66(55-29-9-2-10-30-55)78(86-75-45-25-21-41-63(75)64-42-22-26-46-76(64)86)53-80(70)87(79(69)52-77(65)85-73-43-23-19-39-61(73)62-40-20-24-44-74(62)85)81-67(56-31-11-3-12-32-56)47-60(48-68(81)57-33-13-4-14-34-57)72-51-71(58-35-15-5-16-36-58)83-82(84-72)59-37-17-6-18-38-59/h1-53H. The van der Waals surface area contributed by atoms with Gasteiger partial charge in [0.05, 0.1) is 61.6 Å². The van der Waals surface area contributed by atoms with Crippen molar-refractivity contribution in [2.45, 2.75) is 0 Å². The molecule has 0 saturated heterocycles. The Labute approximate surface area is 503 Å². The Hall–Kier alpha value is -11.7. The first-order valence-electron chi connectivity index (χ1n) is 29.7. The van der Waals surface area contributed by atoms with Gasteiger partial charge in [-0.3, -0.25) is 0 Å². The van der Waals surface area contributed by atoms with Crippen molar-refractivity contribution in [1.29, 1.82) is 0 Å². The fraction of sp³-hybridized carbons (Fsp3) is 0. The molecule has 5 heteroatoms. The fourth-order valence-corrected chi connectivity index (χ4v) is 13.5. The molecule has 0 aliphatic rings. The summed E-state index contributed by atoms with van der Waals surface area (Å²) >= 11 is 0. The van der Waals surface area contributed by atoms with Gasteiger partial charge in [0.1, 0.15) is 0 Å². The summed E-state index contributed by atoms with van der Waals surface area (Å²) in [7, 11) is 0. The highest BCUT2D eigenvalue weighted by Crippen LogP contribution is 2.49. The molecule has 0 fully saturated rings. The van der Waals surface area contributed by atoms with Crippen LogP contribution in [0.2, 0.25) is 0 Å². The molecule has 0 aliphatic carbocycles. The highest BCUT2D eigenvalue weighted by atomic mass is 15.0. The lowest BCUT2D eigenvalue weighted by molar-refractivity contribution is 1.14. The van der Waals surface area contributed by atoms with E-state index in [9.17, 15) is 0 Å². The maximum Gasteiger partial charge on any atom is 0.160 e. The Morgan fingerprint density at radius 2 is 0.494 bits per heavy atom. The number of hydrogen-bond acceptors (Lipinski definition) is 2. The molecule has 0 aliphatic heterocycles. The number of fused-ring (bicyclic) bond motifs is 9. The van der Waals surface area contributed by atoms with Crippen molar-refractivity contribution in [3.05, 3.63) is 322 Å². The molecule has 13 aromatic carbocycles. The molecule has 87 heavy (non-hydrogen) atoms. The van der Waals surface area contributed by atoms with Crippen LogP contribution in [0.5, 0.6) is 0 Å². The number of nitrogens with zero attached hydrogens (tertiary/aromatic N) is 5. The number of hydrogen-bond donors (Lipinski definition) is 0. The number of rotatable bonds is 10. The van der Waals surface area contributed by atoms with E-state index in [4.69, 9.17) is 9.97 Å². The molecule has 0 atom stereocenters. The van der Waals surface area contributed by atoms with Gasteiger partial charge in [-0.1, -0.05) is 255 Å². The predicted molar refractivity (Wildman–Crippen MR) is 363 cm³/mol. The van der Waals surface area contributed by atoms with E-state index in [1.807, 2.05) is 6.07 Å². The summed E-state index contributed by atoms with van der Waals surface area (Å²) in [4.78, 5) is 10.8.